The van der Waals surface area contributed by atoms with E-state index in [0.29, 0.717) is 18.5 Å². The molecule has 0 fully saturated rings. The summed E-state index contributed by atoms with van der Waals surface area (Å²) in [6, 6.07) is 5.02. The van der Waals surface area contributed by atoms with Gasteiger partial charge in [-0.05, 0) is 36.5 Å². The highest BCUT2D eigenvalue weighted by Crippen LogP contribution is 2.30. The average molecular weight is 434 g/mol. The van der Waals surface area contributed by atoms with E-state index in [4.69, 9.17) is 4.74 Å². The maximum absolute atomic E-state index is 12.9. The lowest BCUT2D eigenvalue weighted by Crippen LogP contribution is -2.33. The van der Waals surface area contributed by atoms with Crippen molar-refractivity contribution in [2.24, 2.45) is 0 Å². The van der Waals surface area contributed by atoms with Gasteiger partial charge in [0.2, 0.25) is 6.10 Å². The first-order chi connectivity index (χ1) is 14.9. The number of esters is 1. The number of hydrogen-bond acceptors (Lipinski definition) is 4. The highest BCUT2D eigenvalue weighted by atomic mass is 16.5. The topological polar surface area (TPSA) is 75.6 Å². The SMILES string of the molecule is CCCCCCCCNC(=O)C(OC(=O)CCCCCC)c1ccc(O)c(C(C)C)c1. The first-order valence-corrected chi connectivity index (χ1v) is 12.2. The van der Waals surface area contributed by atoms with Gasteiger partial charge in [-0.3, -0.25) is 9.59 Å². The number of carbonyl (C=O) groups is 2. The molecule has 1 aromatic rings. The minimum atomic E-state index is -0.989. The number of ether oxygens (including phenoxy) is 1. The van der Waals surface area contributed by atoms with Gasteiger partial charge in [0.05, 0.1) is 0 Å². The van der Waals surface area contributed by atoms with Crippen LogP contribution in [0.3, 0.4) is 0 Å². The summed E-state index contributed by atoms with van der Waals surface area (Å²) in [6.07, 6.45) is 10.1. The summed E-state index contributed by atoms with van der Waals surface area (Å²) in [7, 11) is 0. The van der Waals surface area contributed by atoms with Crippen LogP contribution in [-0.4, -0.2) is 23.5 Å². The monoisotopic (exact) mass is 433 g/mol. The molecular weight excluding hydrogens is 390 g/mol. The van der Waals surface area contributed by atoms with Crippen LogP contribution in [0.1, 0.15) is 121 Å². The molecule has 31 heavy (non-hydrogen) atoms. The highest BCUT2D eigenvalue weighted by molar-refractivity contribution is 5.85. The lowest BCUT2D eigenvalue weighted by atomic mass is 9.97. The van der Waals surface area contributed by atoms with Crippen LogP contribution in [0.15, 0.2) is 18.2 Å². The van der Waals surface area contributed by atoms with Gasteiger partial charge in [-0.2, -0.15) is 0 Å². The van der Waals surface area contributed by atoms with Gasteiger partial charge in [-0.25, -0.2) is 0 Å². The van der Waals surface area contributed by atoms with Crippen molar-refractivity contribution in [3.63, 3.8) is 0 Å². The molecule has 0 saturated carbocycles. The Hall–Kier alpha value is -2.04. The molecule has 2 N–H and O–H groups in total. The highest BCUT2D eigenvalue weighted by Gasteiger charge is 2.26. The first-order valence-electron chi connectivity index (χ1n) is 12.2. The zero-order chi connectivity index (χ0) is 23.1. The van der Waals surface area contributed by atoms with Crippen LogP contribution in [0, 0.1) is 0 Å². The Kier molecular flexibility index (Phi) is 13.7. The van der Waals surface area contributed by atoms with Gasteiger partial charge in [-0.1, -0.05) is 85.1 Å². The van der Waals surface area contributed by atoms with Crippen molar-refractivity contribution in [3.05, 3.63) is 29.3 Å². The summed E-state index contributed by atoms with van der Waals surface area (Å²) in [5.74, 6) is -0.363. The van der Waals surface area contributed by atoms with E-state index in [9.17, 15) is 14.7 Å². The Bertz CT molecular complexity index is 657. The molecule has 1 unspecified atom stereocenters. The van der Waals surface area contributed by atoms with Crippen LogP contribution in [0.25, 0.3) is 0 Å². The second-order valence-electron chi connectivity index (χ2n) is 8.71. The number of unbranched alkanes of at least 4 members (excludes halogenated alkanes) is 8. The number of phenols is 1. The zero-order valence-corrected chi connectivity index (χ0v) is 20.0. The van der Waals surface area contributed by atoms with E-state index in [0.717, 1.165) is 44.1 Å². The summed E-state index contributed by atoms with van der Waals surface area (Å²) in [4.78, 5) is 25.3. The zero-order valence-electron chi connectivity index (χ0n) is 20.0. The van der Waals surface area contributed by atoms with Crippen molar-refractivity contribution in [1.29, 1.82) is 0 Å². The lowest BCUT2D eigenvalue weighted by Gasteiger charge is -2.20. The smallest absolute Gasteiger partial charge is 0.306 e. The fourth-order valence-electron chi connectivity index (χ4n) is 3.57. The number of carbonyl (C=O) groups excluding carboxylic acids is 2. The molecule has 5 nitrogen and oxygen atoms in total. The Balaban J connectivity index is 2.77. The molecule has 1 atom stereocenters. The van der Waals surface area contributed by atoms with E-state index in [1.165, 1.54) is 25.7 Å². The van der Waals surface area contributed by atoms with Crippen molar-refractivity contribution in [3.8, 4) is 5.75 Å². The van der Waals surface area contributed by atoms with Crippen molar-refractivity contribution in [2.75, 3.05) is 6.54 Å². The average Bonchev–Trinajstić information content (AvgIpc) is 2.74. The first kappa shape index (κ1) is 27.0. The molecule has 0 heterocycles. The molecule has 0 aliphatic carbocycles. The van der Waals surface area contributed by atoms with Crippen LogP contribution in [0.5, 0.6) is 5.75 Å². The predicted octanol–water partition coefficient (Wildman–Crippen LogP) is 6.55. The van der Waals surface area contributed by atoms with Crippen LogP contribution in [0.4, 0.5) is 0 Å². The quantitative estimate of drug-likeness (QED) is 0.229. The minimum absolute atomic E-state index is 0.0940. The van der Waals surface area contributed by atoms with E-state index in [1.54, 1.807) is 18.2 Å². The summed E-state index contributed by atoms with van der Waals surface area (Å²) in [5, 5.41) is 13.1. The fourth-order valence-corrected chi connectivity index (χ4v) is 3.57. The number of aromatic hydroxyl groups is 1. The van der Waals surface area contributed by atoms with E-state index in [2.05, 4.69) is 19.2 Å². The third kappa shape index (κ3) is 10.7. The van der Waals surface area contributed by atoms with Crippen molar-refractivity contribution in [2.45, 2.75) is 110 Å². The normalized spacial score (nSPS) is 12.0. The number of amides is 1. The molecule has 0 bridgehead atoms. The van der Waals surface area contributed by atoms with Crippen LogP contribution in [0.2, 0.25) is 0 Å². The van der Waals surface area contributed by atoms with Crippen LogP contribution < -0.4 is 5.32 Å². The summed E-state index contributed by atoms with van der Waals surface area (Å²) < 4.78 is 5.63. The third-order valence-corrected chi connectivity index (χ3v) is 5.53. The molecule has 0 aliphatic rings. The molecule has 1 aromatic carbocycles. The molecule has 0 aliphatic heterocycles. The second kappa shape index (κ2) is 15.7. The Morgan fingerprint density at radius 1 is 0.935 bits per heavy atom. The molecule has 0 saturated heterocycles. The van der Waals surface area contributed by atoms with Gasteiger partial charge in [0, 0.05) is 18.5 Å². The van der Waals surface area contributed by atoms with Crippen LogP contribution in [-0.2, 0) is 14.3 Å². The van der Waals surface area contributed by atoms with Crippen LogP contribution >= 0.6 is 0 Å². The van der Waals surface area contributed by atoms with Crippen molar-refractivity contribution >= 4 is 11.9 Å². The third-order valence-electron chi connectivity index (χ3n) is 5.53. The van der Waals surface area contributed by atoms with Crippen molar-refractivity contribution < 1.29 is 19.4 Å². The molecule has 0 aromatic heterocycles. The molecule has 1 amide bonds. The molecule has 1 rings (SSSR count). The van der Waals surface area contributed by atoms with Gasteiger partial charge in [-0.15, -0.1) is 0 Å². The lowest BCUT2D eigenvalue weighted by molar-refractivity contribution is -0.156. The maximum Gasteiger partial charge on any atom is 0.306 e. The summed E-state index contributed by atoms with van der Waals surface area (Å²) in [6.45, 7) is 8.85. The second-order valence-corrected chi connectivity index (χ2v) is 8.71. The Morgan fingerprint density at radius 2 is 1.55 bits per heavy atom. The van der Waals surface area contributed by atoms with Gasteiger partial charge in [0.15, 0.2) is 0 Å². The van der Waals surface area contributed by atoms with Gasteiger partial charge < -0.3 is 15.2 Å². The summed E-state index contributed by atoms with van der Waals surface area (Å²) >= 11 is 0. The predicted molar refractivity (Wildman–Crippen MR) is 126 cm³/mol. The Morgan fingerprint density at radius 3 is 2.19 bits per heavy atom. The molecule has 5 heteroatoms. The molecule has 176 valence electrons. The van der Waals surface area contributed by atoms with Crippen molar-refractivity contribution in [1.82, 2.24) is 5.32 Å². The van der Waals surface area contributed by atoms with Gasteiger partial charge >= 0.3 is 5.97 Å². The largest absolute Gasteiger partial charge is 0.508 e. The van der Waals surface area contributed by atoms with E-state index in [-0.39, 0.29) is 23.5 Å². The maximum atomic E-state index is 12.9. The Labute approximate surface area is 189 Å². The molecular formula is C26H43NO4. The number of phenolic OH excluding ortho intramolecular Hbond substituents is 1. The molecule has 0 radical (unpaired) electrons. The van der Waals surface area contributed by atoms with E-state index >= 15 is 0 Å². The number of nitrogens with one attached hydrogen (secondary N) is 1. The fraction of sp³-hybridized carbons (Fsp3) is 0.692. The number of rotatable bonds is 16. The number of benzene rings is 1. The van der Waals surface area contributed by atoms with Gasteiger partial charge in [0.1, 0.15) is 5.75 Å². The van der Waals surface area contributed by atoms with Gasteiger partial charge in [0.25, 0.3) is 5.91 Å². The number of hydrogen-bond donors (Lipinski definition) is 2. The summed E-state index contributed by atoms with van der Waals surface area (Å²) in [5.41, 5.74) is 1.34. The molecule has 0 spiro atoms. The van der Waals surface area contributed by atoms with E-state index in [1.807, 2.05) is 13.8 Å². The standard InChI is InChI=1S/C26H43NO4/c1-5-7-9-11-12-14-18-27-26(30)25(31-24(29)15-13-10-8-6-2)21-16-17-23(28)22(19-21)20(3)4/h16-17,19-20,25,28H,5-15,18H2,1-4H3,(H,27,30). The minimum Gasteiger partial charge on any atom is -0.508 e. The van der Waals surface area contributed by atoms with E-state index < -0.39 is 6.10 Å².